The molecule has 5 nitrogen and oxygen atoms in total. The fourth-order valence-corrected chi connectivity index (χ4v) is 3.48. The Hall–Kier alpha value is -3.31. The molecule has 0 saturated carbocycles. The van der Waals surface area contributed by atoms with Gasteiger partial charge in [-0.25, -0.2) is 9.79 Å². The van der Waals surface area contributed by atoms with Crippen LogP contribution in [0.15, 0.2) is 65.3 Å². The summed E-state index contributed by atoms with van der Waals surface area (Å²) < 4.78 is 16.3. The summed E-state index contributed by atoms with van der Waals surface area (Å²) in [5.41, 5.74) is 1.61. The van der Waals surface area contributed by atoms with Gasteiger partial charge in [-0.2, -0.15) is 0 Å². The Kier molecular flexibility index (Phi) is 5.23. The van der Waals surface area contributed by atoms with Crippen molar-refractivity contribution in [1.82, 2.24) is 0 Å². The number of carbonyl (C=O) groups is 1. The van der Waals surface area contributed by atoms with Crippen molar-refractivity contribution in [3.8, 4) is 11.5 Å². The van der Waals surface area contributed by atoms with Crippen molar-refractivity contribution in [3.05, 3.63) is 76.4 Å². The third-order valence-electron chi connectivity index (χ3n) is 4.48. The van der Waals surface area contributed by atoms with E-state index >= 15 is 0 Å². The van der Waals surface area contributed by atoms with Gasteiger partial charge in [0.2, 0.25) is 5.90 Å². The number of ether oxygens (including phenoxy) is 3. The van der Waals surface area contributed by atoms with Crippen molar-refractivity contribution in [2.75, 3.05) is 13.7 Å². The lowest BCUT2D eigenvalue weighted by molar-refractivity contribution is -0.129. The molecule has 0 bridgehead atoms. The van der Waals surface area contributed by atoms with Gasteiger partial charge in [-0.3, -0.25) is 0 Å². The molecule has 0 aromatic heterocycles. The number of methoxy groups -OCH3 is 1. The van der Waals surface area contributed by atoms with Gasteiger partial charge in [0.15, 0.2) is 17.2 Å². The third-order valence-corrected chi connectivity index (χ3v) is 4.77. The van der Waals surface area contributed by atoms with Gasteiger partial charge in [0.25, 0.3) is 0 Å². The molecule has 0 fully saturated rings. The molecule has 0 amide bonds. The summed E-state index contributed by atoms with van der Waals surface area (Å²) in [6.45, 7) is 2.32. The van der Waals surface area contributed by atoms with Crippen LogP contribution in [0.5, 0.6) is 11.5 Å². The molecule has 4 rings (SSSR count). The van der Waals surface area contributed by atoms with Gasteiger partial charge in [-0.1, -0.05) is 48.0 Å². The maximum absolute atomic E-state index is 12.4. The lowest BCUT2D eigenvalue weighted by Gasteiger charge is -2.11. The molecule has 0 N–H and O–H groups in total. The van der Waals surface area contributed by atoms with Crippen molar-refractivity contribution in [3.63, 3.8) is 0 Å². The van der Waals surface area contributed by atoms with Gasteiger partial charge >= 0.3 is 5.97 Å². The number of hydrogen-bond acceptors (Lipinski definition) is 5. The molecule has 3 aromatic rings. The number of nitrogens with zero attached hydrogens (tertiary/aromatic N) is 1. The molecule has 0 aliphatic carbocycles. The predicted molar refractivity (Wildman–Crippen MR) is 114 cm³/mol. The highest BCUT2D eigenvalue weighted by Crippen LogP contribution is 2.37. The number of cyclic esters (lactones) is 1. The number of aliphatic imine (C=N–C) groups is 1. The van der Waals surface area contributed by atoms with Crippen molar-refractivity contribution in [1.29, 1.82) is 0 Å². The average Bonchev–Trinajstić information content (AvgIpc) is 3.09. The first-order chi connectivity index (χ1) is 14.1. The molecule has 1 aliphatic rings. The summed E-state index contributed by atoms with van der Waals surface area (Å²) >= 11 is 6.32. The van der Waals surface area contributed by atoms with E-state index in [-0.39, 0.29) is 11.6 Å². The number of fused-ring (bicyclic) bond motifs is 1. The Morgan fingerprint density at radius 2 is 1.93 bits per heavy atom. The van der Waals surface area contributed by atoms with Gasteiger partial charge in [0.1, 0.15) is 0 Å². The monoisotopic (exact) mass is 407 g/mol. The summed E-state index contributed by atoms with van der Waals surface area (Å²) in [4.78, 5) is 16.8. The summed E-state index contributed by atoms with van der Waals surface area (Å²) in [5.74, 6) is 0.711. The molecule has 1 heterocycles. The van der Waals surface area contributed by atoms with Crippen LogP contribution >= 0.6 is 11.6 Å². The van der Waals surface area contributed by atoms with Crippen LogP contribution in [0.1, 0.15) is 18.1 Å². The minimum Gasteiger partial charge on any atom is -0.493 e. The third kappa shape index (κ3) is 3.69. The Bertz CT molecular complexity index is 1160. The highest BCUT2D eigenvalue weighted by atomic mass is 35.5. The molecular weight excluding hydrogens is 390 g/mol. The number of carbonyl (C=O) groups excluding carboxylic acids is 1. The zero-order chi connectivity index (χ0) is 20.4. The minimum atomic E-state index is -0.517. The Morgan fingerprint density at radius 3 is 2.72 bits per heavy atom. The Morgan fingerprint density at radius 1 is 1.14 bits per heavy atom. The first-order valence-electron chi connectivity index (χ1n) is 9.11. The van der Waals surface area contributed by atoms with Crippen LogP contribution in [0.25, 0.3) is 16.8 Å². The summed E-state index contributed by atoms with van der Waals surface area (Å²) in [6.07, 6.45) is 1.62. The van der Waals surface area contributed by atoms with E-state index in [1.165, 1.54) is 7.11 Å². The molecule has 1 aliphatic heterocycles. The Labute approximate surface area is 173 Å². The molecular formula is C23H18ClNO4. The fraction of sp³-hybridized carbons (Fsp3) is 0.130. The second kappa shape index (κ2) is 7.97. The average molecular weight is 408 g/mol. The van der Waals surface area contributed by atoms with Crippen molar-refractivity contribution < 1.29 is 19.0 Å². The van der Waals surface area contributed by atoms with E-state index in [4.69, 9.17) is 25.8 Å². The Balaban J connectivity index is 1.74. The summed E-state index contributed by atoms with van der Waals surface area (Å²) in [5, 5.41) is 2.40. The van der Waals surface area contributed by atoms with Crippen LogP contribution in [0.4, 0.5) is 0 Å². The standard InChI is InChI=1S/C23H18ClNO4/c1-3-28-21-18(24)11-14(13-20(21)27-2)12-19-23(26)29-22(25-19)17-10-6-8-15-7-4-5-9-16(15)17/h4-13H,3H2,1-2H3/b19-12-. The van der Waals surface area contributed by atoms with Crippen molar-refractivity contribution >= 4 is 40.3 Å². The largest absolute Gasteiger partial charge is 0.493 e. The molecule has 0 unspecified atom stereocenters. The van der Waals surface area contributed by atoms with E-state index in [9.17, 15) is 4.79 Å². The fourth-order valence-electron chi connectivity index (χ4n) is 3.20. The quantitative estimate of drug-likeness (QED) is 0.428. The number of rotatable bonds is 5. The van der Waals surface area contributed by atoms with E-state index < -0.39 is 5.97 Å². The van der Waals surface area contributed by atoms with Crippen LogP contribution in [0.3, 0.4) is 0 Å². The molecule has 0 atom stereocenters. The predicted octanol–water partition coefficient (Wildman–Crippen LogP) is 5.25. The van der Waals surface area contributed by atoms with Gasteiger partial charge in [0, 0.05) is 5.56 Å². The van der Waals surface area contributed by atoms with E-state index in [0.29, 0.717) is 28.7 Å². The smallest absolute Gasteiger partial charge is 0.363 e. The zero-order valence-corrected chi connectivity index (χ0v) is 16.7. The van der Waals surface area contributed by atoms with Gasteiger partial charge in [-0.15, -0.1) is 0 Å². The maximum atomic E-state index is 12.4. The van der Waals surface area contributed by atoms with Crippen LogP contribution < -0.4 is 9.47 Å². The lowest BCUT2D eigenvalue weighted by Crippen LogP contribution is -2.05. The van der Waals surface area contributed by atoms with E-state index in [0.717, 1.165) is 16.3 Å². The molecule has 3 aromatic carbocycles. The summed E-state index contributed by atoms with van der Waals surface area (Å²) in [6, 6.07) is 17.1. The van der Waals surface area contributed by atoms with E-state index in [2.05, 4.69) is 4.99 Å². The van der Waals surface area contributed by atoms with Crippen LogP contribution in [-0.4, -0.2) is 25.6 Å². The highest BCUT2D eigenvalue weighted by molar-refractivity contribution is 6.32. The first kappa shape index (κ1) is 19.0. The van der Waals surface area contributed by atoms with Gasteiger partial charge < -0.3 is 14.2 Å². The van der Waals surface area contributed by atoms with E-state index in [1.54, 1.807) is 18.2 Å². The second-order valence-electron chi connectivity index (χ2n) is 6.33. The van der Waals surface area contributed by atoms with Gasteiger partial charge in [-0.05, 0) is 47.5 Å². The zero-order valence-electron chi connectivity index (χ0n) is 15.9. The number of hydrogen-bond donors (Lipinski definition) is 0. The van der Waals surface area contributed by atoms with Crippen LogP contribution in [0.2, 0.25) is 5.02 Å². The molecule has 6 heteroatoms. The minimum absolute atomic E-state index is 0.190. The SMILES string of the molecule is CCOc1c(Cl)cc(/C=C2\N=C(c3cccc4ccccc34)OC2=O)cc1OC. The maximum Gasteiger partial charge on any atom is 0.363 e. The normalized spacial score (nSPS) is 14.8. The highest BCUT2D eigenvalue weighted by Gasteiger charge is 2.25. The van der Waals surface area contributed by atoms with Crippen LogP contribution in [-0.2, 0) is 9.53 Å². The molecule has 29 heavy (non-hydrogen) atoms. The second-order valence-corrected chi connectivity index (χ2v) is 6.74. The lowest BCUT2D eigenvalue weighted by atomic mass is 10.0. The van der Waals surface area contributed by atoms with Crippen molar-refractivity contribution in [2.45, 2.75) is 6.92 Å². The van der Waals surface area contributed by atoms with E-state index in [1.807, 2.05) is 49.4 Å². The number of benzene rings is 3. The van der Waals surface area contributed by atoms with Crippen molar-refractivity contribution in [2.24, 2.45) is 4.99 Å². The molecule has 146 valence electrons. The summed E-state index contributed by atoms with van der Waals surface area (Å²) in [7, 11) is 1.53. The number of esters is 1. The number of halogens is 1. The topological polar surface area (TPSA) is 57.1 Å². The van der Waals surface area contributed by atoms with Crippen LogP contribution in [0, 0.1) is 0 Å². The first-order valence-corrected chi connectivity index (χ1v) is 9.49. The molecule has 0 radical (unpaired) electrons. The van der Waals surface area contributed by atoms with Gasteiger partial charge in [0.05, 0.1) is 18.7 Å². The molecule has 0 spiro atoms. The molecule has 0 saturated heterocycles.